The van der Waals surface area contributed by atoms with Crippen LogP contribution in [0.25, 0.3) is 0 Å². The first-order chi connectivity index (χ1) is 12.8. The zero-order chi connectivity index (χ0) is 20.0. The van der Waals surface area contributed by atoms with E-state index in [-0.39, 0.29) is 25.3 Å². The average Bonchev–Trinajstić information content (AvgIpc) is 2.60. The zero-order valence-corrected chi connectivity index (χ0v) is 14.5. The van der Waals surface area contributed by atoms with E-state index in [1.54, 1.807) is 0 Å². The molecule has 0 bridgehead atoms. The largest absolute Gasteiger partial charge is 0.481 e. The monoisotopic (exact) mass is 381 g/mol. The number of carbonyl (C=O) groups excluding carboxylic acids is 1. The predicted molar refractivity (Wildman–Crippen MR) is 90.5 cm³/mol. The van der Waals surface area contributed by atoms with E-state index in [0.29, 0.717) is 5.56 Å². The molecule has 1 atom stereocenters. The molecule has 0 aliphatic rings. The zero-order valence-electron chi connectivity index (χ0n) is 14.5. The standard InChI is InChI=1S/C19H18F3NO4/c1-12(27-15-4-2-3-14(20)10-15)19(26)23(8-7-18(24)25)11-13-5-6-16(21)17(22)9-13/h2-6,9-10,12H,7-8,11H2,1H3,(H,24,25). The molecule has 0 saturated heterocycles. The highest BCUT2D eigenvalue weighted by Gasteiger charge is 2.23. The Balaban J connectivity index is 2.14. The highest BCUT2D eigenvalue weighted by atomic mass is 19.2. The molecular formula is C19H18F3NO4. The lowest BCUT2D eigenvalue weighted by atomic mass is 10.1. The van der Waals surface area contributed by atoms with E-state index in [1.807, 2.05) is 0 Å². The van der Waals surface area contributed by atoms with E-state index >= 15 is 0 Å². The van der Waals surface area contributed by atoms with Crippen LogP contribution in [0.1, 0.15) is 18.9 Å². The van der Waals surface area contributed by atoms with Gasteiger partial charge in [-0.25, -0.2) is 13.2 Å². The molecule has 1 N–H and O–H groups in total. The Morgan fingerprint density at radius 2 is 1.85 bits per heavy atom. The van der Waals surface area contributed by atoms with Crippen LogP contribution in [0.2, 0.25) is 0 Å². The Hall–Kier alpha value is -3.03. The van der Waals surface area contributed by atoms with E-state index in [9.17, 15) is 22.8 Å². The van der Waals surface area contributed by atoms with Crippen LogP contribution in [0.3, 0.4) is 0 Å². The SMILES string of the molecule is CC(Oc1cccc(F)c1)C(=O)N(CCC(=O)O)Cc1ccc(F)c(F)c1. The number of carboxylic acid groups (broad SMARTS) is 1. The van der Waals surface area contributed by atoms with Crippen LogP contribution in [0.4, 0.5) is 13.2 Å². The van der Waals surface area contributed by atoms with Gasteiger partial charge in [0.05, 0.1) is 6.42 Å². The minimum Gasteiger partial charge on any atom is -0.481 e. The summed E-state index contributed by atoms with van der Waals surface area (Å²) in [7, 11) is 0. The quantitative estimate of drug-likeness (QED) is 0.761. The smallest absolute Gasteiger partial charge is 0.305 e. The Labute approximate surface area is 154 Å². The van der Waals surface area contributed by atoms with Gasteiger partial charge in [-0.3, -0.25) is 9.59 Å². The number of hydrogen-bond acceptors (Lipinski definition) is 3. The molecule has 0 radical (unpaired) electrons. The fourth-order valence-corrected chi connectivity index (χ4v) is 2.41. The highest BCUT2D eigenvalue weighted by molar-refractivity contribution is 5.81. The van der Waals surface area contributed by atoms with Crippen molar-refractivity contribution in [1.29, 1.82) is 0 Å². The summed E-state index contributed by atoms with van der Waals surface area (Å²) in [4.78, 5) is 24.7. The molecule has 5 nitrogen and oxygen atoms in total. The second kappa shape index (κ2) is 9.07. The minimum atomic E-state index is -1.11. The van der Waals surface area contributed by atoms with Crippen LogP contribution in [-0.2, 0) is 16.1 Å². The molecule has 2 aromatic carbocycles. The topological polar surface area (TPSA) is 66.8 Å². The fraction of sp³-hybridized carbons (Fsp3) is 0.263. The van der Waals surface area contributed by atoms with Crippen molar-refractivity contribution >= 4 is 11.9 Å². The van der Waals surface area contributed by atoms with Crippen molar-refractivity contribution in [2.45, 2.75) is 26.0 Å². The molecule has 0 aromatic heterocycles. The van der Waals surface area contributed by atoms with Crippen LogP contribution >= 0.6 is 0 Å². The van der Waals surface area contributed by atoms with Crippen LogP contribution in [0.5, 0.6) is 5.75 Å². The summed E-state index contributed by atoms with van der Waals surface area (Å²) in [5.74, 6) is -4.16. The maximum Gasteiger partial charge on any atom is 0.305 e. The van der Waals surface area contributed by atoms with Crippen molar-refractivity contribution in [1.82, 2.24) is 4.90 Å². The van der Waals surface area contributed by atoms with Gasteiger partial charge in [-0.2, -0.15) is 0 Å². The summed E-state index contributed by atoms with van der Waals surface area (Å²) < 4.78 is 45.1. The van der Waals surface area contributed by atoms with Gasteiger partial charge in [0, 0.05) is 19.2 Å². The lowest BCUT2D eigenvalue weighted by Crippen LogP contribution is -2.41. The van der Waals surface area contributed by atoms with E-state index in [1.165, 1.54) is 36.1 Å². The molecule has 2 aromatic rings. The summed E-state index contributed by atoms with van der Waals surface area (Å²) in [5.41, 5.74) is 0.297. The van der Waals surface area contributed by atoms with Gasteiger partial charge in [-0.05, 0) is 36.8 Å². The van der Waals surface area contributed by atoms with Crippen LogP contribution < -0.4 is 4.74 Å². The van der Waals surface area contributed by atoms with Gasteiger partial charge < -0.3 is 14.7 Å². The second-order valence-corrected chi connectivity index (χ2v) is 5.87. The van der Waals surface area contributed by atoms with Gasteiger partial charge in [0.1, 0.15) is 11.6 Å². The van der Waals surface area contributed by atoms with Crippen molar-refractivity contribution in [2.75, 3.05) is 6.54 Å². The number of nitrogens with zero attached hydrogens (tertiary/aromatic N) is 1. The minimum absolute atomic E-state index is 0.125. The number of rotatable bonds is 8. The van der Waals surface area contributed by atoms with Crippen molar-refractivity contribution in [3.8, 4) is 5.75 Å². The molecule has 0 spiro atoms. The van der Waals surface area contributed by atoms with Gasteiger partial charge in [0.2, 0.25) is 0 Å². The Kier molecular flexibility index (Phi) is 6.81. The Bertz CT molecular complexity index is 828. The van der Waals surface area contributed by atoms with Crippen molar-refractivity contribution in [2.24, 2.45) is 0 Å². The van der Waals surface area contributed by atoms with Crippen LogP contribution in [-0.4, -0.2) is 34.5 Å². The maximum absolute atomic E-state index is 13.4. The fourth-order valence-electron chi connectivity index (χ4n) is 2.41. The first kappa shape index (κ1) is 20.3. The third kappa shape index (κ3) is 6.02. The molecular weight excluding hydrogens is 363 g/mol. The van der Waals surface area contributed by atoms with E-state index in [2.05, 4.69) is 0 Å². The molecule has 0 fully saturated rings. The van der Waals surface area contributed by atoms with Gasteiger partial charge in [-0.1, -0.05) is 12.1 Å². The summed E-state index contributed by atoms with van der Waals surface area (Å²) in [5, 5.41) is 8.87. The number of hydrogen-bond donors (Lipinski definition) is 1. The summed E-state index contributed by atoms with van der Waals surface area (Å²) in [6.45, 7) is 1.16. The van der Waals surface area contributed by atoms with Gasteiger partial charge >= 0.3 is 5.97 Å². The molecule has 0 aliphatic carbocycles. The Morgan fingerprint density at radius 3 is 2.48 bits per heavy atom. The lowest BCUT2D eigenvalue weighted by molar-refractivity contribution is -0.141. The van der Waals surface area contributed by atoms with Gasteiger partial charge in [0.15, 0.2) is 17.7 Å². The van der Waals surface area contributed by atoms with Crippen LogP contribution in [0.15, 0.2) is 42.5 Å². The maximum atomic E-state index is 13.4. The molecule has 0 saturated carbocycles. The number of benzene rings is 2. The first-order valence-corrected chi connectivity index (χ1v) is 8.13. The first-order valence-electron chi connectivity index (χ1n) is 8.13. The summed E-state index contributed by atoms with van der Waals surface area (Å²) in [6, 6.07) is 8.40. The average molecular weight is 381 g/mol. The third-order valence-electron chi connectivity index (χ3n) is 3.72. The molecule has 8 heteroatoms. The molecule has 144 valence electrons. The summed E-state index contributed by atoms with van der Waals surface area (Å²) >= 11 is 0. The normalized spacial score (nSPS) is 11.7. The second-order valence-electron chi connectivity index (χ2n) is 5.87. The molecule has 27 heavy (non-hydrogen) atoms. The number of halogens is 3. The Morgan fingerprint density at radius 1 is 1.11 bits per heavy atom. The van der Waals surface area contributed by atoms with Crippen molar-refractivity contribution < 1.29 is 32.6 Å². The third-order valence-corrected chi connectivity index (χ3v) is 3.72. The van der Waals surface area contributed by atoms with E-state index in [0.717, 1.165) is 18.2 Å². The number of carboxylic acids is 1. The van der Waals surface area contributed by atoms with Gasteiger partial charge in [-0.15, -0.1) is 0 Å². The number of aliphatic carboxylic acids is 1. The molecule has 0 aliphatic heterocycles. The van der Waals surface area contributed by atoms with Gasteiger partial charge in [0.25, 0.3) is 5.91 Å². The van der Waals surface area contributed by atoms with Crippen molar-refractivity contribution in [3.05, 3.63) is 65.5 Å². The highest BCUT2D eigenvalue weighted by Crippen LogP contribution is 2.17. The molecule has 0 heterocycles. The number of amides is 1. The summed E-state index contributed by atoms with van der Waals surface area (Å²) in [6.07, 6.45) is -1.37. The van der Waals surface area contributed by atoms with E-state index < -0.39 is 35.4 Å². The predicted octanol–water partition coefficient (Wildman–Crippen LogP) is 3.37. The molecule has 2 rings (SSSR count). The number of carbonyl (C=O) groups is 2. The lowest BCUT2D eigenvalue weighted by Gasteiger charge is -2.26. The van der Waals surface area contributed by atoms with Crippen molar-refractivity contribution in [3.63, 3.8) is 0 Å². The molecule has 1 unspecified atom stereocenters. The number of ether oxygens (including phenoxy) is 1. The van der Waals surface area contributed by atoms with E-state index in [4.69, 9.17) is 9.84 Å². The van der Waals surface area contributed by atoms with Crippen LogP contribution in [0, 0.1) is 17.5 Å². The molecule has 1 amide bonds.